The molecule has 9 heteroatoms. The van der Waals surface area contributed by atoms with Crippen LogP contribution < -0.4 is 10.6 Å². The molecule has 0 spiro atoms. The molecular formula is C27H23F4N5. The number of nitriles is 1. The van der Waals surface area contributed by atoms with Gasteiger partial charge in [-0.25, -0.2) is 4.39 Å². The first kappa shape index (κ1) is 24.8. The fourth-order valence-electron chi connectivity index (χ4n) is 3.94. The summed E-state index contributed by atoms with van der Waals surface area (Å²) in [7, 11) is 1.81. The van der Waals surface area contributed by atoms with Crippen LogP contribution in [0.5, 0.6) is 0 Å². The number of hydrogen-bond acceptors (Lipinski definition) is 5. The summed E-state index contributed by atoms with van der Waals surface area (Å²) in [6, 6.07) is 14.6. The largest absolute Gasteiger partial charge is 0.418 e. The van der Waals surface area contributed by atoms with Crippen molar-refractivity contribution in [2.24, 2.45) is 0 Å². The van der Waals surface area contributed by atoms with Gasteiger partial charge in [0, 0.05) is 25.1 Å². The zero-order valence-electron chi connectivity index (χ0n) is 19.9. The Labute approximate surface area is 206 Å². The van der Waals surface area contributed by atoms with E-state index < -0.39 is 28.7 Å². The molecule has 1 aliphatic heterocycles. The van der Waals surface area contributed by atoms with Gasteiger partial charge >= 0.3 is 6.18 Å². The summed E-state index contributed by atoms with van der Waals surface area (Å²) in [5.74, 6) is -0.518. The minimum absolute atomic E-state index is 0.0260. The van der Waals surface area contributed by atoms with Crippen LogP contribution in [0, 0.1) is 17.1 Å². The molecule has 0 saturated heterocycles. The van der Waals surface area contributed by atoms with Crippen LogP contribution in [0.2, 0.25) is 0 Å². The molecule has 0 radical (unpaired) electrons. The van der Waals surface area contributed by atoms with Gasteiger partial charge in [0.1, 0.15) is 11.6 Å². The van der Waals surface area contributed by atoms with E-state index in [-0.39, 0.29) is 5.56 Å². The lowest BCUT2D eigenvalue weighted by Crippen LogP contribution is -2.21. The van der Waals surface area contributed by atoms with E-state index in [9.17, 15) is 22.8 Å². The fraction of sp³-hybridized carbons (Fsp3) is 0.185. The first-order chi connectivity index (χ1) is 16.8. The smallest absolute Gasteiger partial charge is 0.396 e. The molecule has 1 aromatic heterocycles. The second-order valence-corrected chi connectivity index (χ2v) is 9.01. The van der Waals surface area contributed by atoms with E-state index in [1.807, 2.05) is 50.1 Å². The molecule has 184 valence electrons. The van der Waals surface area contributed by atoms with E-state index in [2.05, 4.69) is 17.6 Å². The third-order valence-electron chi connectivity index (χ3n) is 6.14. The standard InChI is InChI=1S/C27H23F4N5/c1-16-35(4)14-24(36(16)20-7-5-19(6-8-20)26(2,3)15-32)23-13-17(9-10-34-23)18-11-21(27(29,30)31)25(33)22(28)12-18/h5-14H,1,33H2,2-4H3. The Morgan fingerprint density at radius 3 is 2.31 bits per heavy atom. The summed E-state index contributed by atoms with van der Waals surface area (Å²) in [6.45, 7) is 7.79. The molecule has 0 atom stereocenters. The van der Waals surface area contributed by atoms with Gasteiger partial charge in [-0.05, 0) is 66.9 Å². The summed E-state index contributed by atoms with van der Waals surface area (Å²) in [6.07, 6.45) is -1.55. The Bertz CT molecular complexity index is 1420. The molecule has 0 unspecified atom stereocenters. The van der Waals surface area contributed by atoms with E-state index in [0.29, 0.717) is 22.8 Å². The number of nitrogens with two attached hydrogens (primary N) is 1. The maximum Gasteiger partial charge on any atom is 0.418 e. The minimum atomic E-state index is -4.80. The summed E-state index contributed by atoms with van der Waals surface area (Å²) in [4.78, 5) is 8.05. The quantitative estimate of drug-likeness (QED) is 0.331. The molecule has 0 amide bonds. The Balaban J connectivity index is 1.76. The van der Waals surface area contributed by atoms with Crippen molar-refractivity contribution in [2.75, 3.05) is 17.7 Å². The van der Waals surface area contributed by atoms with Crippen LogP contribution in [0.25, 0.3) is 16.8 Å². The number of nitrogen functional groups attached to an aromatic ring is 1. The molecule has 2 N–H and O–H groups in total. The molecule has 4 rings (SSSR count). The number of nitrogens with zero attached hydrogens (tertiary/aromatic N) is 4. The number of alkyl halides is 3. The van der Waals surface area contributed by atoms with Crippen LogP contribution >= 0.6 is 0 Å². The number of halogens is 4. The van der Waals surface area contributed by atoms with Gasteiger partial charge in [-0.1, -0.05) is 18.7 Å². The maximum atomic E-state index is 14.3. The van der Waals surface area contributed by atoms with E-state index in [1.165, 1.54) is 12.3 Å². The van der Waals surface area contributed by atoms with Crippen molar-refractivity contribution < 1.29 is 17.6 Å². The van der Waals surface area contributed by atoms with Crippen molar-refractivity contribution in [1.29, 1.82) is 5.26 Å². The average molecular weight is 494 g/mol. The third kappa shape index (κ3) is 4.38. The summed E-state index contributed by atoms with van der Waals surface area (Å²) >= 11 is 0. The Kier molecular flexibility index (Phi) is 6.00. The normalized spacial score (nSPS) is 14.2. The zero-order chi connectivity index (χ0) is 26.4. The highest BCUT2D eigenvalue weighted by Crippen LogP contribution is 2.40. The highest BCUT2D eigenvalue weighted by atomic mass is 19.4. The maximum absolute atomic E-state index is 14.3. The number of anilines is 2. The zero-order valence-corrected chi connectivity index (χ0v) is 19.9. The van der Waals surface area contributed by atoms with Crippen LogP contribution in [-0.4, -0.2) is 16.9 Å². The van der Waals surface area contributed by atoms with Crippen LogP contribution in [-0.2, 0) is 11.6 Å². The molecule has 3 aromatic rings. The number of rotatable bonds is 4. The Hall–Kier alpha value is -4.32. The summed E-state index contributed by atoms with van der Waals surface area (Å²) in [5, 5.41) is 9.42. The summed E-state index contributed by atoms with van der Waals surface area (Å²) in [5.41, 5.74) is 5.58. The Morgan fingerprint density at radius 2 is 1.69 bits per heavy atom. The van der Waals surface area contributed by atoms with E-state index in [4.69, 9.17) is 5.73 Å². The molecular weight excluding hydrogens is 470 g/mol. The number of pyridine rings is 1. The van der Waals surface area contributed by atoms with E-state index in [0.717, 1.165) is 23.4 Å². The van der Waals surface area contributed by atoms with Gasteiger partial charge in [0.2, 0.25) is 0 Å². The van der Waals surface area contributed by atoms with Crippen LogP contribution in [0.4, 0.5) is 28.9 Å². The SMILES string of the molecule is C=C1N(C)C=C(c2cc(-c3cc(F)c(N)c(C(F)(F)F)c3)ccn2)N1c1ccc(C(C)(C)C#N)cc1. The van der Waals surface area contributed by atoms with Crippen molar-refractivity contribution in [3.05, 3.63) is 96.0 Å². The van der Waals surface area contributed by atoms with Gasteiger partial charge in [0.25, 0.3) is 0 Å². The number of aromatic nitrogens is 1. The van der Waals surface area contributed by atoms with Crippen molar-refractivity contribution in [3.63, 3.8) is 0 Å². The lowest BCUT2D eigenvalue weighted by molar-refractivity contribution is -0.137. The first-order valence-corrected chi connectivity index (χ1v) is 10.9. The topological polar surface area (TPSA) is 69.2 Å². The predicted molar refractivity (Wildman–Crippen MR) is 131 cm³/mol. The number of hydrogen-bond donors (Lipinski definition) is 1. The van der Waals surface area contributed by atoms with Crippen molar-refractivity contribution in [1.82, 2.24) is 9.88 Å². The molecule has 36 heavy (non-hydrogen) atoms. The van der Waals surface area contributed by atoms with E-state index >= 15 is 0 Å². The molecule has 5 nitrogen and oxygen atoms in total. The third-order valence-corrected chi connectivity index (χ3v) is 6.14. The second-order valence-electron chi connectivity index (χ2n) is 9.01. The van der Waals surface area contributed by atoms with Crippen LogP contribution in [0.3, 0.4) is 0 Å². The van der Waals surface area contributed by atoms with Crippen LogP contribution in [0.1, 0.15) is 30.7 Å². The van der Waals surface area contributed by atoms with Crippen molar-refractivity contribution in [3.8, 4) is 17.2 Å². The molecule has 0 aliphatic carbocycles. The van der Waals surface area contributed by atoms with Crippen molar-refractivity contribution in [2.45, 2.75) is 25.4 Å². The molecule has 0 bridgehead atoms. The van der Waals surface area contributed by atoms with E-state index in [1.54, 1.807) is 17.2 Å². The van der Waals surface area contributed by atoms with Crippen LogP contribution in [0.15, 0.2) is 73.3 Å². The second kappa shape index (κ2) is 8.72. The fourth-order valence-corrected chi connectivity index (χ4v) is 3.94. The lowest BCUT2D eigenvalue weighted by atomic mass is 9.86. The monoisotopic (exact) mass is 493 g/mol. The molecule has 2 aromatic carbocycles. The highest BCUT2D eigenvalue weighted by molar-refractivity contribution is 5.85. The first-order valence-electron chi connectivity index (χ1n) is 10.9. The molecule has 1 aliphatic rings. The van der Waals surface area contributed by atoms with Crippen molar-refractivity contribution >= 4 is 17.1 Å². The average Bonchev–Trinajstić information content (AvgIpc) is 3.14. The van der Waals surface area contributed by atoms with Gasteiger partial charge < -0.3 is 10.6 Å². The summed E-state index contributed by atoms with van der Waals surface area (Å²) < 4.78 is 54.5. The van der Waals surface area contributed by atoms with Gasteiger partial charge in [-0.3, -0.25) is 9.88 Å². The molecule has 2 heterocycles. The lowest BCUT2D eigenvalue weighted by Gasteiger charge is -2.25. The minimum Gasteiger partial charge on any atom is -0.396 e. The van der Waals surface area contributed by atoms with Gasteiger partial charge in [0.15, 0.2) is 0 Å². The number of benzene rings is 2. The highest BCUT2D eigenvalue weighted by Gasteiger charge is 2.35. The molecule has 0 fully saturated rings. The Morgan fingerprint density at radius 1 is 1.03 bits per heavy atom. The van der Waals surface area contributed by atoms with Gasteiger partial charge in [-0.15, -0.1) is 0 Å². The van der Waals surface area contributed by atoms with Gasteiger partial charge in [-0.2, -0.15) is 18.4 Å². The predicted octanol–water partition coefficient (Wildman–Crippen LogP) is 6.51. The van der Waals surface area contributed by atoms with Gasteiger partial charge in [0.05, 0.1) is 34.1 Å². The molecule has 0 saturated carbocycles.